The standard InChI is InChI=1S/C40H46N10O6S3.C10H9NO3S/c1-5-49(6-2)28-17-19-32(41)34(23-28)42-38-44-39(46-40(45-38)57-25-26-12-11-14-30(22-26)58(51,52)53)43-35-24-29(50(7-3)8-4)18-20-33(35)47-48-37-31-15-10-9-13-27(31)16-21-36(37)59(54,55)56;11-10-8-4-2-1-3-7(8)5-6-9(10)15(12,13)14/h11-24H,5-10,25,41H2,1-4H3,(H,51,52,53)(H,54,55,56)(H2,42,43,44,45,46);1-6H,11H2,(H,12,13,14). The molecule has 20 nitrogen and oxygen atoms in total. The molecule has 1 aliphatic rings. The minimum absolute atomic E-state index is 0.0210. The van der Waals surface area contributed by atoms with Crippen LogP contribution in [0.15, 0.2) is 139 Å². The van der Waals surface area contributed by atoms with Crippen LogP contribution in [-0.4, -0.2) is 80.0 Å². The van der Waals surface area contributed by atoms with E-state index >= 15 is 0 Å². The summed E-state index contributed by atoms with van der Waals surface area (Å²) in [4.78, 5) is 17.6. The van der Waals surface area contributed by atoms with Crippen LogP contribution in [0.5, 0.6) is 0 Å². The van der Waals surface area contributed by atoms with Crippen LogP contribution < -0.4 is 42.3 Å². The van der Waals surface area contributed by atoms with Gasteiger partial charge in [-0.1, -0.05) is 72.4 Å². The van der Waals surface area contributed by atoms with Crippen molar-refractivity contribution >= 4 is 122 Å². The van der Waals surface area contributed by atoms with Crippen molar-refractivity contribution in [3.05, 3.63) is 125 Å². The van der Waals surface area contributed by atoms with Crippen LogP contribution in [0.1, 0.15) is 46.1 Å². The first-order valence-electron chi connectivity index (χ1n) is 23.2. The number of nitrogen functional groups attached to an aromatic ring is 2. The van der Waals surface area contributed by atoms with Crippen LogP contribution >= 0.6 is 11.8 Å². The lowest BCUT2D eigenvalue weighted by Gasteiger charge is -2.22. The van der Waals surface area contributed by atoms with Crippen LogP contribution in [0.25, 0.3) is 22.9 Å². The third-order valence-electron chi connectivity index (χ3n) is 11.8. The van der Waals surface area contributed by atoms with E-state index in [2.05, 4.69) is 49.5 Å². The van der Waals surface area contributed by atoms with Gasteiger partial charge in [0, 0.05) is 53.9 Å². The van der Waals surface area contributed by atoms with Gasteiger partial charge < -0.3 is 31.9 Å². The van der Waals surface area contributed by atoms with Crippen molar-refractivity contribution in [2.45, 2.75) is 66.1 Å². The fourth-order valence-electron chi connectivity index (χ4n) is 8.03. The van der Waals surface area contributed by atoms with E-state index in [9.17, 15) is 34.4 Å². The number of nitrogens with one attached hydrogen (secondary N) is 2. The summed E-state index contributed by atoms with van der Waals surface area (Å²) in [5.74, 6) is 0.514. The highest BCUT2D eigenvalue weighted by Gasteiger charge is 2.20. The largest absolute Gasteiger partial charge is 0.397 e. The maximum Gasteiger partial charge on any atom is 0.296 e. The van der Waals surface area contributed by atoms with Crippen LogP contribution in [-0.2, 0) is 36.1 Å². The Morgan fingerprint density at radius 1 is 0.622 bits per heavy atom. The second-order valence-corrected chi connectivity index (χ2v) is 21.6. The molecule has 1 aromatic heterocycles. The van der Waals surface area contributed by atoms with E-state index in [-0.39, 0.29) is 48.9 Å². The third-order valence-corrected chi connectivity index (χ3v) is 15.3. The van der Waals surface area contributed by atoms with E-state index in [0.717, 1.165) is 41.5 Å². The molecule has 0 unspecified atom stereocenters. The first-order valence-corrected chi connectivity index (χ1v) is 28.5. The minimum atomic E-state index is -4.64. The van der Waals surface area contributed by atoms with Crippen LogP contribution in [0.2, 0.25) is 0 Å². The van der Waals surface area contributed by atoms with Crippen molar-refractivity contribution in [3.63, 3.8) is 0 Å². The molecule has 1 aliphatic carbocycles. The van der Waals surface area contributed by atoms with Gasteiger partial charge in [-0.3, -0.25) is 13.7 Å². The van der Waals surface area contributed by atoms with E-state index in [0.29, 0.717) is 58.4 Å². The second-order valence-electron chi connectivity index (χ2n) is 16.5. The Kier molecular flexibility index (Phi) is 17.2. The van der Waals surface area contributed by atoms with Crippen molar-refractivity contribution in [1.82, 2.24) is 15.0 Å². The van der Waals surface area contributed by atoms with Crippen molar-refractivity contribution in [1.29, 1.82) is 0 Å². The van der Waals surface area contributed by atoms with Crippen molar-refractivity contribution in [3.8, 4) is 0 Å². The van der Waals surface area contributed by atoms with Gasteiger partial charge in [0.2, 0.25) is 11.9 Å². The zero-order chi connectivity index (χ0) is 53.4. The van der Waals surface area contributed by atoms with Gasteiger partial charge in [0.15, 0.2) is 5.16 Å². The van der Waals surface area contributed by atoms with Gasteiger partial charge in [-0.05, 0) is 117 Å². The number of benzene rings is 6. The Morgan fingerprint density at radius 3 is 1.88 bits per heavy atom. The Bertz CT molecular complexity index is 3730. The third kappa shape index (κ3) is 13.3. The van der Waals surface area contributed by atoms with Gasteiger partial charge in [0.25, 0.3) is 30.4 Å². The van der Waals surface area contributed by atoms with Gasteiger partial charge in [-0.2, -0.15) is 40.2 Å². The van der Waals surface area contributed by atoms with Gasteiger partial charge in [0.05, 0.1) is 27.6 Å². The number of nitrogens with zero attached hydrogens (tertiary/aromatic N) is 7. The van der Waals surface area contributed by atoms with Crippen LogP contribution in [0.4, 0.5) is 57.4 Å². The fourth-order valence-corrected chi connectivity index (χ4v) is 10.6. The maximum atomic E-state index is 12.5. The quantitative estimate of drug-likeness (QED) is 0.0183. The van der Waals surface area contributed by atoms with Gasteiger partial charge >= 0.3 is 0 Å². The molecule has 6 aromatic carbocycles. The summed E-state index contributed by atoms with van der Waals surface area (Å²) >= 11 is 1.21. The molecule has 388 valence electrons. The normalized spacial score (nSPS) is 12.5. The molecule has 0 spiro atoms. The molecule has 9 N–H and O–H groups in total. The molecule has 0 aliphatic heterocycles. The zero-order valence-corrected chi connectivity index (χ0v) is 44.0. The Labute approximate surface area is 433 Å². The molecule has 0 amide bonds. The molecule has 0 radical (unpaired) electrons. The molecule has 0 fully saturated rings. The number of azo groups is 1. The van der Waals surface area contributed by atoms with Gasteiger partial charge in [-0.25, -0.2) is 0 Å². The van der Waals surface area contributed by atoms with Crippen LogP contribution in [0, 0.1) is 0 Å². The van der Waals surface area contributed by atoms with E-state index < -0.39 is 30.4 Å². The number of aromatic nitrogens is 3. The van der Waals surface area contributed by atoms with Crippen molar-refractivity contribution in [2.24, 2.45) is 10.2 Å². The molecule has 8 rings (SSSR count). The highest BCUT2D eigenvalue weighted by Crippen LogP contribution is 2.36. The minimum Gasteiger partial charge on any atom is -0.397 e. The second kappa shape index (κ2) is 23.3. The fraction of sp³-hybridized carbons (Fsp3) is 0.220. The maximum absolute atomic E-state index is 12.5. The molecule has 0 saturated carbocycles. The topological polar surface area (TPSA) is 309 Å². The highest BCUT2D eigenvalue weighted by molar-refractivity contribution is 7.98. The molecular weight excluding hydrogens is 1030 g/mol. The molecule has 0 saturated heterocycles. The van der Waals surface area contributed by atoms with Gasteiger partial charge in [0.1, 0.15) is 21.2 Å². The number of rotatable bonds is 18. The predicted molar refractivity (Wildman–Crippen MR) is 293 cm³/mol. The smallest absolute Gasteiger partial charge is 0.296 e. The average Bonchev–Trinajstić information content (AvgIpc) is 3.36. The lowest BCUT2D eigenvalue weighted by Crippen LogP contribution is -2.28. The van der Waals surface area contributed by atoms with Crippen molar-refractivity contribution < 1.29 is 38.9 Å². The average molecular weight is 1080 g/mol. The first-order chi connectivity index (χ1) is 35.2. The van der Waals surface area contributed by atoms with Crippen LogP contribution in [0.3, 0.4) is 0 Å². The number of hydrogen-bond acceptors (Lipinski definition) is 18. The summed E-state index contributed by atoms with van der Waals surface area (Å²) in [6.07, 6.45) is 5.31. The molecule has 0 bridgehead atoms. The van der Waals surface area contributed by atoms with E-state index in [1.807, 2.05) is 62.4 Å². The van der Waals surface area contributed by atoms with E-state index in [4.69, 9.17) is 26.0 Å². The lowest BCUT2D eigenvalue weighted by atomic mass is 10.1. The number of hydrogen-bond donors (Lipinski definition) is 7. The number of fused-ring (bicyclic) bond motifs is 2. The molecule has 7 aromatic rings. The first kappa shape index (κ1) is 54.6. The van der Waals surface area contributed by atoms with Gasteiger partial charge in [-0.15, -0.1) is 10.2 Å². The predicted octanol–water partition coefficient (Wildman–Crippen LogP) is 8.86. The molecule has 1 heterocycles. The lowest BCUT2D eigenvalue weighted by molar-refractivity contribution is 0.481. The molecule has 24 heteroatoms. The highest BCUT2D eigenvalue weighted by atomic mass is 32.2. The molecular formula is C50H55N11O9S4. The summed E-state index contributed by atoms with van der Waals surface area (Å²) in [6, 6.07) is 30.1. The Morgan fingerprint density at radius 2 is 1.23 bits per heavy atom. The Balaban J connectivity index is 0.000000454. The van der Waals surface area contributed by atoms with Crippen molar-refractivity contribution in [2.75, 3.05) is 58.1 Å². The van der Waals surface area contributed by atoms with E-state index in [1.54, 1.807) is 42.5 Å². The monoisotopic (exact) mass is 1080 g/mol. The summed E-state index contributed by atoms with van der Waals surface area (Å²) in [6.45, 7) is 11.2. The molecule has 0 atom stereocenters. The number of thioether (sulfide) groups is 1. The number of nitrogens with two attached hydrogens (primary N) is 2. The summed E-state index contributed by atoms with van der Waals surface area (Å²) in [5, 5.41) is 18.6. The Hall–Kier alpha value is -7.19. The van der Waals surface area contributed by atoms with E-state index in [1.165, 1.54) is 42.1 Å². The zero-order valence-electron chi connectivity index (χ0n) is 40.7. The molecule has 74 heavy (non-hydrogen) atoms. The summed E-state index contributed by atoms with van der Waals surface area (Å²) in [5.41, 5.74) is 16.4. The SMILES string of the molecule is CCN(CC)c1ccc(N)c(Nc2nc(Nc3cc(N(CC)CC)ccc3N=Nc3c(S(=O)(=O)O)ccc4c3=CCCC=4)nc(SCc3cccc(S(=O)(=O)O)c3)n2)c1.Nc1c(S(=O)(=O)O)ccc2ccccc12. The summed E-state index contributed by atoms with van der Waals surface area (Å²) < 4.78 is 99.3. The number of anilines is 8. The summed E-state index contributed by atoms with van der Waals surface area (Å²) in [7, 11) is -13.3.